The number of halogens is 1. The predicted molar refractivity (Wildman–Crippen MR) is 109 cm³/mol. The summed E-state index contributed by atoms with van der Waals surface area (Å²) in [5, 5.41) is 13.2. The molecule has 27 heavy (non-hydrogen) atoms. The zero-order valence-corrected chi connectivity index (χ0v) is 17.7. The Morgan fingerprint density at radius 2 is 2.15 bits per heavy atom. The Kier molecular flexibility index (Phi) is 6.95. The lowest BCUT2D eigenvalue weighted by molar-refractivity contribution is 0.250. The van der Waals surface area contributed by atoms with Gasteiger partial charge in [0.1, 0.15) is 22.8 Å². The molecule has 0 bridgehead atoms. The minimum atomic E-state index is 0.541. The van der Waals surface area contributed by atoms with Crippen LogP contribution in [0.4, 0.5) is 0 Å². The van der Waals surface area contributed by atoms with Gasteiger partial charge in [0.2, 0.25) is 0 Å². The molecule has 1 atom stereocenters. The number of aromatic nitrogens is 3. The average molecular weight is 394 g/mol. The Balaban J connectivity index is 1.73. The summed E-state index contributed by atoms with van der Waals surface area (Å²) < 4.78 is 6.86. The van der Waals surface area contributed by atoms with Crippen molar-refractivity contribution in [1.29, 1.82) is 0 Å². The smallest absolute Gasteiger partial charge is 0.137 e. The van der Waals surface area contributed by atoms with E-state index in [1.165, 1.54) is 25.7 Å². The SMILES string of the molecule is Cc1conc1-c1nn(C)c(Cl)c1CN1CCCCC(NCCC(C)C)C1. The standard InChI is InChI=1S/C20H32ClN5O/c1-14(2)8-9-22-16-7-5-6-10-26(11-16)12-17-19(23-25(4)20(17)21)18-15(3)13-27-24-18/h13-14,16,22H,5-12H2,1-4H3. The quantitative estimate of drug-likeness (QED) is 0.769. The van der Waals surface area contributed by atoms with E-state index in [4.69, 9.17) is 16.1 Å². The highest BCUT2D eigenvalue weighted by Crippen LogP contribution is 2.31. The van der Waals surface area contributed by atoms with Crippen LogP contribution in [0.25, 0.3) is 11.4 Å². The summed E-state index contributed by atoms with van der Waals surface area (Å²) in [5.41, 5.74) is 3.64. The van der Waals surface area contributed by atoms with Crippen molar-refractivity contribution < 1.29 is 4.52 Å². The van der Waals surface area contributed by atoms with Crippen LogP contribution in [0.5, 0.6) is 0 Å². The molecular formula is C20H32ClN5O. The molecule has 0 saturated carbocycles. The summed E-state index contributed by atoms with van der Waals surface area (Å²) in [5.74, 6) is 0.738. The lowest BCUT2D eigenvalue weighted by atomic mass is 10.1. The zero-order valence-electron chi connectivity index (χ0n) is 17.0. The highest BCUT2D eigenvalue weighted by atomic mass is 35.5. The molecule has 3 heterocycles. The first-order valence-electron chi connectivity index (χ1n) is 10.0. The average Bonchev–Trinajstić information content (AvgIpc) is 3.05. The summed E-state index contributed by atoms with van der Waals surface area (Å²) in [4.78, 5) is 2.50. The van der Waals surface area contributed by atoms with E-state index in [-0.39, 0.29) is 0 Å². The molecule has 0 aliphatic carbocycles. The highest BCUT2D eigenvalue weighted by Gasteiger charge is 2.24. The van der Waals surface area contributed by atoms with Crippen LogP contribution in [-0.4, -0.2) is 45.5 Å². The summed E-state index contributed by atoms with van der Waals surface area (Å²) in [7, 11) is 1.88. The van der Waals surface area contributed by atoms with Gasteiger partial charge < -0.3 is 9.84 Å². The van der Waals surface area contributed by atoms with E-state index in [0.717, 1.165) is 54.6 Å². The van der Waals surface area contributed by atoms with Gasteiger partial charge in [0.25, 0.3) is 0 Å². The van der Waals surface area contributed by atoms with Gasteiger partial charge in [-0.05, 0) is 45.2 Å². The van der Waals surface area contributed by atoms with Crippen LogP contribution in [0.3, 0.4) is 0 Å². The fourth-order valence-corrected chi connectivity index (χ4v) is 3.91. The molecule has 2 aromatic heterocycles. The predicted octanol–water partition coefficient (Wildman–Crippen LogP) is 4.03. The molecule has 1 unspecified atom stereocenters. The molecule has 0 amide bonds. The van der Waals surface area contributed by atoms with Crippen molar-refractivity contribution in [1.82, 2.24) is 25.2 Å². The summed E-state index contributed by atoms with van der Waals surface area (Å²) in [6.07, 6.45) is 6.61. The van der Waals surface area contributed by atoms with Gasteiger partial charge in [-0.2, -0.15) is 5.10 Å². The molecule has 0 radical (unpaired) electrons. The Morgan fingerprint density at radius 3 is 2.85 bits per heavy atom. The summed E-state index contributed by atoms with van der Waals surface area (Å²) in [6.45, 7) is 10.5. The first-order chi connectivity index (χ1) is 13.0. The Hall–Kier alpha value is -1.37. The van der Waals surface area contributed by atoms with E-state index in [1.807, 2.05) is 14.0 Å². The lowest BCUT2D eigenvalue weighted by Crippen LogP contribution is -2.40. The van der Waals surface area contributed by atoms with Crippen LogP contribution in [0.15, 0.2) is 10.8 Å². The third-order valence-electron chi connectivity index (χ3n) is 5.33. The molecule has 2 aromatic rings. The van der Waals surface area contributed by atoms with E-state index >= 15 is 0 Å². The third-order valence-corrected chi connectivity index (χ3v) is 5.80. The number of aryl methyl sites for hydroxylation is 2. The van der Waals surface area contributed by atoms with Gasteiger partial charge in [0, 0.05) is 37.3 Å². The van der Waals surface area contributed by atoms with Gasteiger partial charge in [-0.1, -0.05) is 37.0 Å². The van der Waals surface area contributed by atoms with Crippen molar-refractivity contribution >= 4 is 11.6 Å². The molecule has 6 nitrogen and oxygen atoms in total. The largest absolute Gasteiger partial charge is 0.364 e. The van der Waals surface area contributed by atoms with E-state index in [0.29, 0.717) is 11.2 Å². The molecule has 3 rings (SSSR count). The van der Waals surface area contributed by atoms with Gasteiger partial charge in [0.05, 0.1) is 0 Å². The number of likely N-dealkylation sites (tertiary alicyclic amines) is 1. The van der Waals surface area contributed by atoms with E-state index in [1.54, 1.807) is 10.9 Å². The third kappa shape index (κ3) is 5.12. The number of nitrogens with one attached hydrogen (secondary N) is 1. The number of rotatable bonds is 7. The van der Waals surface area contributed by atoms with E-state index in [2.05, 4.69) is 34.3 Å². The molecule has 1 fully saturated rings. The number of hydrogen-bond acceptors (Lipinski definition) is 5. The fourth-order valence-electron chi connectivity index (χ4n) is 3.72. The molecule has 1 aliphatic heterocycles. The molecule has 1 saturated heterocycles. The van der Waals surface area contributed by atoms with Crippen LogP contribution in [0.1, 0.15) is 50.7 Å². The first-order valence-corrected chi connectivity index (χ1v) is 10.4. The van der Waals surface area contributed by atoms with Crippen molar-refractivity contribution in [2.24, 2.45) is 13.0 Å². The van der Waals surface area contributed by atoms with Crippen LogP contribution >= 0.6 is 11.6 Å². The van der Waals surface area contributed by atoms with Gasteiger partial charge in [-0.3, -0.25) is 9.58 Å². The lowest BCUT2D eigenvalue weighted by Gasteiger charge is -2.25. The number of nitrogens with zero attached hydrogens (tertiary/aromatic N) is 4. The van der Waals surface area contributed by atoms with Crippen molar-refractivity contribution in [3.05, 3.63) is 22.5 Å². The summed E-state index contributed by atoms with van der Waals surface area (Å²) >= 11 is 6.60. The van der Waals surface area contributed by atoms with Gasteiger partial charge in [0.15, 0.2) is 0 Å². The van der Waals surface area contributed by atoms with Crippen molar-refractivity contribution in [2.75, 3.05) is 19.6 Å². The molecule has 7 heteroatoms. The monoisotopic (exact) mass is 393 g/mol. The molecule has 150 valence electrons. The summed E-state index contributed by atoms with van der Waals surface area (Å²) in [6, 6.07) is 0.541. The number of hydrogen-bond donors (Lipinski definition) is 1. The second kappa shape index (κ2) is 9.22. The Bertz CT molecular complexity index is 739. The van der Waals surface area contributed by atoms with Gasteiger partial charge in [-0.15, -0.1) is 0 Å². The van der Waals surface area contributed by atoms with Crippen LogP contribution in [0, 0.1) is 12.8 Å². The fraction of sp³-hybridized carbons (Fsp3) is 0.700. The zero-order chi connectivity index (χ0) is 19.4. The van der Waals surface area contributed by atoms with Crippen LogP contribution in [-0.2, 0) is 13.6 Å². The maximum atomic E-state index is 6.60. The highest BCUT2D eigenvalue weighted by molar-refractivity contribution is 6.30. The first kappa shape index (κ1) is 20.4. The van der Waals surface area contributed by atoms with Gasteiger partial charge >= 0.3 is 0 Å². The van der Waals surface area contributed by atoms with Crippen molar-refractivity contribution in [2.45, 2.75) is 59.0 Å². The molecular weight excluding hydrogens is 362 g/mol. The van der Waals surface area contributed by atoms with Gasteiger partial charge in [-0.25, -0.2) is 0 Å². The topological polar surface area (TPSA) is 59.1 Å². The minimum Gasteiger partial charge on any atom is -0.364 e. The Labute approximate surface area is 167 Å². The maximum absolute atomic E-state index is 6.60. The molecule has 0 aromatic carbocycles. The maximum Gasteiger partial charge on any atom is 0.137 e. The van der Waals surface area contributed by atoms with Crippen molar-refractivity contribution in [3.8, 4) is 11.4 Å². The molecule has 1 N–H and O–H groups in total. The Morgan fingerprint density at radius 1 is 1.33 bits per heavy atom. The van der Waals surface area contributed by atoms with Crippen LogP contribution in [0.2, 0.25) is 5.15 Å². The van der Waals surface area contributed by atoms with Crippen LogP contribution < -0.4 is 5.32 Å². The second-order valence-electron chi connectivity index (χ2n) is 8.15. The second-order valence-corrected chi connectivity index (χ2v) is 8.51. The molecule has 1 aliphatic rings. The van der Waals surface area contributed by atoms with E-state index < -0.39 is 0 Å². The van der Waals surface area contributed by atoms with Crippen molar-refractivity contribution in [3.63, 3.8) is 0 Å². The minimum absolute atomic E-state index is 0.541. The normalized spacial score (nSPS) is 19.0. The molecule has 0 spiro atoms. The van der Waals surface area contributed by atoms with E-state index in [9.17, 15) is 0 Å².